The second kappa shape index (κ2) is 23.7. The largest absolute Gasteiger partial charge is 0.481 e. The number of carboxylic acids is 2. The number of carbonyl (C=O) groups excluding carboxylic acids is 1. The Bertz CT molecular complexity index is 552. The van der Waals surface area contributed by atoms with E-state index in [1.54, 1.807) is 9.80 Å². The van der Waals surface area contributed by atoms with Crippen molar-refractivity contribution in [3.05, 3.63) is 0 Å². The molecule has 0 saturated heterocycles. The van der Waals surface area contributed by atoms with Gasteiger partial charge in [-0.1, -0.05) is 90.9 Å². The second-order valence-corrected chi connectivity index (χ2v) is 10.4. The molecule has 0 heterocycles. The fourth-order valence-corrected chi connectivity index (χ4v) is 4.34. The average molecular weight is 515 g/mol. The van der Waals surface area contributed by atoms with Crippen LogP contribution in [0.15, 0.2) is 0 Å². The van der Waals surface area contributed by atoms with E-state index in [2.05, 4.69) is 13.8 Å². The molecule has 0 rings (SSSR count). The van der Waals surface area contributed by atoms with Gasteiger partial charge in [0, 0.05) is 39.1 Å². The van der Waals surface area contributed by atoms with E-state index in [9.17, 15) is 19.5 Å². The maximum absolute atomic E-state index is 12.6. The molecule has 212 valence electrons. The van der Waals surface area contributed by atoms with Gasteiger partial charge in [0.1, 0.15) is 0 Å². The third-order valence-corrected chi connectivity index (χ3v) is 6.61. The fourth-order valence-electron chi connectivity index (χ4n) is 4.34. The maximum atomic E-state index is 12.6. The first-order chi connectivity index (χ1) is 17.3. The zero-order valence-corrected chi connectivity index (χ0v) is 23.1. The van der Waals surface area contributed by atoms with Crippen LogP contribution in [-0.4, -0.2) is 82.3 Å². The van der Waals surface area contributed by atoms with E-state index in [1.165, 1.54) is 64.2 Å². The Morgan fingerprint density at radius 2 is 1.03 bits per heavy atom. The number of carbonyl (C=O) groups is 3. The molecule has 36 heavy (non-hydrogen) atoms. The Morgan fingerprint density at radius 3 is 1.44 bits per heavy atom. The predicted octanol–water partition coefficient (Wildman–Crippen LogP) is 5.18. The third kappa shape index (κ3) is 22.8. The summed E-state index contributed by atoms with van der Waals surface area (Å²) in [5.41, 5.74) is 0. The van der Waals surface area contributed by atoms with Crippen LogP contribution in [0.5, 0.6) is 0 Å². The molecule has 0 aromatic rings. The van der Waals surface area contributed by atoms with E-state index in [4.69, 9.17) is 10.2 Å². The number of hydrogen-bond acceptors (Lipinski definition) is 5. The monoisotopic (exact) mass is 514 g/mol. The highest BCUT2D eigenvalue weighted by atomic mass is 16.4. The summed E-state index contributed by atoms with van der Waals surface area (Å²) in [4.78, 5) is 37.7. The van der Waals surface area contributed by atoms with Gasteiger partial charge in [0.25, 0.3) is 0 Å². The lowest BCUT2D eigenvalue weighted by Gasteiger charge is -2.27. The average Bonchev–Trinajstić information content (AvgIpc) is 2.82. The summed E-state index contributed by atoms with van der Waals surface area (Å²) in [7, 11) is 0. The minimum Gasteiger partial charge on any atom is -0.481 e. The summed E-state index contributed by atoms with van der Waals surface area (Å²) in [5, 5.41) is 27.2. The molecule has 0 bridgehead atoms. The van der Waals surface area contributed by atoms with E-state index in [-0.39, 0.29) is 45.0 Å². The van der Waals surface area contributed by atoms with E-state index in [0.29, 0.717) is 19.5 Å². The third-order valence-electron chi connectivity index (χ3n) is 6.61. The second-order valence-electron chi connectivity index (χ2n) is 10.4. The minimum atomic E-state index is -0.939. The molecule has 0 aliphatic carbocycles. The molecule has 0 radical (unpaired) electrons. The number of nitrogens with zero attached hydrogens (tertiary/aromatic N) is 2. The molecule has 8 heteroatoms. The normalized spacial score (nSPS) is 11.4. The summed E-state index contributed by atoms with van der Waals surface area (Å²) in [6.45, 7) is 5.92. The van der Waals surface area contributed by atoms with Crippen LogP contribution in [0.2, 0.25) is 0 Å². The standard InChI is InChI=1S/C28H54N2O6/c1-25(2)15-13-11-9-7-5-3-4-6-8-10-12-14-16-26(32)30(23-24-31)22-21-29(19-17-27(33)34)20-18-28(35)36/h25,31H,3-24H2,1-2H3,(H,33,34)(H,35,36). The first kappa shape index (κ1) is 34.3. The van der Waals surface area contributed by atoms with Gasteiger partial charge < -0.3 is 25.1 Å². The molecule has 1 amide bonds. The van der Waals surface area contributed by atoms with Gasteiger partial charge in [-0.2, -0.15) is 0 Å². The van der Waals surface area contributed by atoms with E-state index < -0.39 is 11.9 Å². The molecule has 0 aromatic carbocycles. The van der Waals surface area contributed by atoms with Gasteiger partial charge in [0.15, 0.2) is 0 Å². The van der Waals surface area contributed by atoms with E-state index in [0.717, 1.165) is 25.2 Å². The van der Waals surface area contributed by atoms with Crippen LogP contribution in [0.3, 0.4) is 0 Å². The quantitative estimate of drug-likeness (QED) is 0.136. The lowest BCUT2D eigenvalue weighted by atomic mass is 10.0. The van der Waals surface area contributed by atoms with Crippen molar-refractivity contribution >= 4 is 17.8 Å². The van der Waals surface area contributed by atoms with Gasteiger partial charge in [-0.15, -0.1) is 0 Å². The van der Waals surface area contributed by atoms with Crippen LogP contribution in [-0.2, 0) is 14.4 Å². The number of amides is 1. The molecule has 3 N–H and O–H groups in total. The topological polar surface area (TPSA) is 118 Å². The van der Waals surface area contributed by atoms with Crippen molar-refractivity contribution in [1.29, 1.82) is 0 Å². The zero-order chi connectivity index (χ0) is 27.0. The number of aliphatic hydroxyl groups is 1. The first-order valence-electron chi connectivity index (χ1n) is 14.3. The van der Waals surface area contributed by atoms with Crippen molar-refractivity contribution < 1.29 is 29.7 Å². The van der Waals surface area contributed by atoms with Crippen LogP contribution >= 0.6 is 0 Å². The Labute approximate surface area is 219 Å². The van der Waals surface area contributed by atoms with Gasteiger partial charge in [0.05, 0.1) is 19.4 Å². The van der Waals surface area contributed by atoms with Crippen LogP contribution < -0.4 is 0 Å². The smallest absolute Gasteiger partial charge is 0.304 e. The number of aliphatic hydroxyl groups excluding tert-OH is 1. The number of unbranched alkanes of at least 4 members (excludes halogenated alkanes) is 11. The molecule has 0 fully saturated rings. The molecule has 0 aromatic heterocycles. The molecular weight excluding hydrogens is 460 g/mol. The fraction of sp³-hybridized carbons (Fsp3) is 0.893. The summed E-state index contributed by atoms with van der Waals surface area (Å²) >= 11 is 0. The van der Waals surface area contributed by atoms with Crippen molar-refractivity contribution in [3.63, 3.8) is 0 Å². The molecule has 0 unspecified atom stereocenters. The van der Waals surface area contributed by atoms with Gasteiger partial charge in [-0.05, 0) is 12.3 Å². The Hall–Kier alpha value is -1.67. The SMILES string of the molecule is CC(C)CCCCCCCCCCCCCCC(=O)N(CCO)CCN(CCC(=O)O)CCC(=O)O. The summed E-state index contributed by atoms with van der Waals surface area (Å²) in [6.07, 6.45) is 16.6. The highest BCUT2D eigenvalue weighted by Gasteiger charge is 2.16. The Balaban J connectivity index is 3.96. The van der Waals surface area contributed by atoms with Crippen molar-refractivity contribution in [2.75, 3.05) is 39.3 Å². The summed E-state index contributed by atoms with van der Waals surface area (Å²) in [6, 6.07) is 0. The molecular formula is C28H54N2O6. The van der Waals surface area contributed by atoms with E-state index >= 15 is 0 Å². The molecule has 8 nitrogen and oxygen atoms in total. The lowest BCUT2D eigenvalue weighted by molar-refractivity contribution is -0.138. The highest BCUT2D eigenvalue weighted by molar-refractivity contribution is 5.76. The first-order valence-corrected chi connectivity index (χ1v) is 14.3. The van der Waals surface area contributed by atoms with Crippen LogP contribution in [0.25, 0.3) is 0 Å². The highest BCUT2D eigenvalue weighted by Crippen LogP contribution is 2.14. The molecule has 0 atom stereocenters. The maximum Gasteiger partial charge on any atom is 0.304 e. The Kier molecular flexibility index (Phi) is 22.6. The zero-order valence-electron chi connectivity index (χ0n) is 23.1. The van der Waals surface area contributed by atoms with Crippen molar-refractivity contribution in [2.45, 2.75) is 117 Å². The van der Waals surface area contributed by atoms with Gasteiger partial charge >= 0.3 is 11.9 Å². The number of hydrogen-bond donors (Lipinski definition) is 3. The molecule has 0 aliphatic heterocycles. The van der Waals surface area contributed by atoms with Crippen molar-refractivity contribution in [1.82, 2.24) is 9.80 Å². The Morgan fingerprint density at radius 1 is 0.583 bits per heavy atom. The number of aliphatic carboxylic acids is 2. The molecule has 0 spiro atoms. The van der Waals surface area contributed by atoms with Crippen LogP contribution in [0, 0.1) is 5.92 Å². The van der Waals surface area contributed by atoms with Gasteiger partial charge in [0.2, 0.25) is 5.91 Å². The molecule has 0 saturated carbocycles. The minimum absolute atomic E-state index is 0.00568. The molecule has 0 aliphatic rings. The predicted molar refractivity (Wildman–Crippen MR) is 144 cm³/mol. The summed E-state index contributed by atoms with van der Waals surface area (Å²) in [5.74, 6) is -1.06. The number of rotatable bonds is 26. The van der Waals surface area contributed by atoms with E-state index in [1.807, 2.05) is 0 Å². The van der Waals surface area contributed by atoms with Crippen LogP contribution in [0.4, 0.5) is 0 Å². The number of carboxylic acid groups (broad SMARTS) is 2. The van der Waals surface area contributed by atoms with Crippen molar-refractivity contribution in [3.8, 4) is 0 Å². The van der Waals surface area contributed by atoms with Gasteiger partial charge in [-0.3, -0.25) is 14.4 Å². The van der Waals surface area contributed by atoms with Crippen molar-refractivity contribution in [2.24, 2.45) is 5.92 Å². The van der Waals surface area contributed by atoms with Crippen LogP contribution in [0.1, 0.15) is 117 Å². The van der Waals surface area contributed by atoms with Gasteiger partial charge in [-0.25, -0.2) is 0 Å². The lowest BCUT2D eigenvalue weighted by Crippen LogP contribution is -2.41. The summed E-state index contributed by atoms with van der Waals surface area (Å²) < 4.78 is 0.